The number of esters is 2. The first-order chi connectivity index (χ1) is 10.6. The maximum absolute atomic E-state index is 12.5. The first kappa shape index (κ1) is 22.3. The highest BCUT2D eigenvalue weighted by Crippen LogP contribution is 2.27. The molecule has 0 amide bonds. The fraction of sp³-hybridized carbons (Fsp3) is 0.812. The highest BCUT2D eigenvalue weighted by Gasteiger charge is 2.55. The van der Waals surface area contributed by atoms with E-state index in [2.05, 4.69) is 0 Å². The molecule has 0 aliphatic heterocycles. The third-order valence-corrected chi connectivity index (χ3v) is 3.03. The molecule has 8 heteroatoms. The van der Waals surface area contributed by atoms with E-state index in [4.69, 9.17) is 20.9 Å². The van der Waals surface area contributed by atoms with Crippen LogP contribution >= 0.6 is 0 Å². The highest BCUT2D eigenvalue weighted by molar-refractivity contribution is 6.07. The van der Waals surface area contributed by atoms with Gasteiger partial charge < -0.3 is 26.0 Å². The van der Waals surface area contributed by atoms with Gasteiger partial charge >= 0.3 is 17.9 Å². The van der Waals surface area contributed by atoms with Crippen LogP contribution in [0.4, 0.5) is 0 Å². The van der Waals surface area contributed by atoms with Crippen molar-refractivity contribution >= 4 is 17.9 Å². The molecule has 5 N–H and O–H groups in total. The van der Waals surface area contributed by atoms with Crippen LogP contribution in [-0.4, -0.2) is 46.3 Å². The van der Waals surface area contributed by atoms with Gasteiger partial charge in [-0.25, -0.2) is 9.59 Å². The van der Waals surface area contributed by atoms with Crippen molar-refractivity contribution in [2.24, 2.45) is 17.4 Å². The summed E-state index contributed by atoms with van der Waals surface area (Å²) in [7, 11) is 0. The van der Waals surface area contributed by atoms with E-state index in [9.17, 15) is 19.5 Å². The van der Waals surface area contributed by atoms with Gasteiger partial charge in [-0.05, 0) is 60.9 Å². The van der Waals surface area contributed by atoms with Crippen LogP contribution in [0.1, 0.15) is 54.4 Å². The Morgan fingerprint density at radius 1 is 1.00 bits per heavy atom. The number of carbonyl (C=O) groups is 3. The van der Waals surface area contributed by atoms with Gasteiger partial charge in [0, 0.05) is 0 Å². The molecule has 0 bridgehead atoms. The second kappa shape index (κ2) is 7.94. The van der Waals surface area contributed by atoms with E-state index in [1.54, 1.807) is 41.5 Å². The maximum Gasteiger partial charge on any atom is 0.339 e. The molecule has 0 saturated heterocycles. The summed E-state index contributed by atoms with van der Waals surface area (Å²) in [6, 6.07) is 0. The van der Waals surface area contributed by atoms with Crippen LogP contribution in [0, 0.1) is 5.92 Å². The minimum absolute atomic E-state index is 0.00649. The van der Waals surface area contributed by atoms with Crippen LogP contribution in [0.2, 0.25) is 0 Å². The van der Waals surface area contributed by atoms with Crippen molar-refractivity contribution in [3.05, 3.63) is 0 Å². The van der Waals surface area contributed by atoms with Gasteiger partial charge in [0.15, 0.2) is 0 Å². The summed E-state index contributed by atoms with van der Waals surface area (Å²) in [4.78, 5) is 36.7. The summed E-state index contributed by atoms with van der Waals surface area (Å²) in [5, 5.41) is 9.55. The molecular weight excluding hydrogens is 316 g/mol. The molecule has 0 aromatic rings. The van der Waals surface area contributed by atoms with Gasteiger partial charge in [0.25, 0.3) is 0 Å². The lowest BCUT2D eigenvalue weighted by atomic mass is 9.81. The first-order valence-corrected chi connectivity index (χ1v) is 7.83. The minimum atomic E-state index is -2.55. The third kappa shape index (κ3) is 6.45. The lowest BCUT2D eigenvalue weighted by Crippen LogP contribution is -2.64. The normalized spacial score (nSPS) is 16.0. The number of hydrogen-bond acceptors (Lipinski definition) is 7. The smallest absolute Gasteiger partial charge is 0.339 e. The molecule has 0 radical (unpaired) electrons. The molecule has 0 spiro atoms. The first-order valence-electron chi connectivity index (χ1n) is 7.83. The van der Waals surface area contributed by atoms with Gasteiger partial charge in [0.1, 0.15) is 11.2 Å². The van der Waals surface area contributed by atoms with Crippen molar-refractivity contribution < 1.29 is 29.0 Å². The molecule has 24 heavy (non-hydrogen) atoms. The molecule has 0 aromatic carbocycles. The van der Waals surface area contributed by atoms with Crippen molar-refractivity contribution in [1.29, 1.82) is 0 Å². The van der Waals surface area contributed by atoms with Crippen molar-refractivity contribution in [3.63, 3.8) is 0 Å². The van der Waals surface area contributed by atoms with Gasteiger partial charge in [-0.3, -0.25) is 4.79 Å². The van der Waals surface area contributed by atoms with Crippen LogP contribution in [-0.2, 0) is 23.9 Å². The van der Waals surface area contributed by atoms with Gasteiger partial charge in [0.2, 0.25) is 5.54 Å². The number of ether oxygens (including phenoxy) is 2. The maximum atomic E-state index is 12.5. The SMILES string of the molecule is CC(C)(C)OC(=O)C(CCCN)C(N)(C(=O)O)C(=O)OC(C)(C)C. The Kier molecular flexibility index (Phi) is 7.38. The van der Waals surface area contributed by atoms with Crippen LogP contribution in [0.15, 0.2) is 0 Å². The largest absolute Gasteiger partial charge is 0.479 e. The fourth-order valence-corrected chi connectivity index (χ4v) is 1.97. The van der Waals surface area contributed by atoms with E-state index in [1.165, 1.54) is 0 Å². The van der Waals surface area contributed by atoms with Gasteiger partial charge in [-0.2, -0.15) is 0 Å². The van der Waals surface area contributed by atoms with Gasteiger partial charge in [-0.1, -0.05) is 0 Å². The molecule has 0 aromatic heterocycles. The van der Waals surface area contributed by atoms with E-state index in [1.807, 2.05) is 0 Å². The Balaban J connectivity index is 5.81. The summed E-state index contributed by atoms with van der Waals surface area (Å²) in [6.45, 7) is 9.86. The summed E-state index contributed by atoms with van der Waals surface area (Å²) in [5.74, 6) is -5.11. The Morgan fingerprint density at radius 3 is 1.79 bits per heavy atom. The van der Waals surface area contributed by atoms with Crippen molar-refractivity contribution in [2.75, 3.05) is 6.54 Å². The molecule has 2 unspecified atom stereocenters. The van der Waals surface area contributed by atoms with Gasteiger partial charge in [0.05, 0.1) is 5.92 Å². The number of carboxylic acids is 1. The van der Waals surface area contributed by atoms with Crippen molar-refractivity contribution in [3.8, 4) is 0 Å². The lowest BCUT2D eigenvalue weighted by Gasteiger charge is -2.34. The molecular formula is C16H30N2O6. The number of nitrogens with two attached hydrogens (primary N) is 2. The topological polar surface area (TPSA) is 142 Å². The Bertz CT molecular complexity index is 478. The van der Waals surface area contributed by atoms with E-state index < -0.39 is 40.6 Å². The monoisotopic (exact) mass is 346 g/mol. The summed E-state index contributed by atoms with van der Waals surface area (Å²) in [6.07, 6.45) is 0.298. The lowest BCUT2D eigenvalue weighted by molar-refractivity contribution is -0.182. The van der Waals surface area contributed by atoms with Crippen molar-refractivity contribution in [2.45, 2.75) is 71.1 Å². The van der Waals surface area contributed by atoms with Crippen LogP contribution in [0.3, 0.4) is 0 Å². The quantitative estimate of drug-likeness (QED) is 0.454. The number of carboxylic acid groups (broad SMARTS) is 1. The van der Waals surface area contributed by atoms with Crippen LogP contribution in [0.25, 0.3) is 0 Å². The Hall–Kier alpha value is -1.67. The highest BCUT2D eigenvalue weighted by atomic mass is 16.6. The zero-order valence-corrected chi connectivity index (χ0v) is 15.3. The van der Waals surface area contributed by atoms with Crippen molar-refractivity contribution in [1.82, 2.24) is 0 Å². The minimum Gasteiger partial charge on any atom is -0.479 e. The molecule has 8 nitrogen and oxygen atoms in total. The van der Waals surface area contributed by atoms with Crippen LogP contribution < -0.4 is 11.5 Å². The Labute approximate surface area is 142 Å². The predicted molar refractivity (Wildman–Crippen MR) is 88.0 cm³/mol. The standard InChI is InChI=1S/C16H30N2O6/c1-14(2,3)23-11(19)10(8-7-9-17)16(18,12(20)21)13(22)24-15(4,5)6/h10H,7-9,17-18H2,1-6H3,(H,20,21). The fourth-order valence-electron chi connectivity index (χ4n) is 1.97. The number of aliphatic carboxylic acids is 1. The molecule has 0 aliphatic carbocycles. The molecule has 0 rings (SSSR count). The summed E-state index contributed by atoms with van der Waals surface area (Å²) >= 11 is 0. The number of hydrogen-bond donors (Lipinski definition) is 3. The van der Waals surface area contributed by atoms with E-state index >= 15 is 0 Å². The number of carbonyl (C=O) groups excluding carboxylic acids is 2. The molecule has 0 aliphatic rings. The van der Waals surface area contributed by atoms with E-state index in [-0.39, 0.29) is 13.0 Å². The molecule has 2 atom stereocenters. The molecule has 0 saturated carbocycles. The molecule has 140 valence electrons. The zero-order chi connectivity index (χ0) is 19.3. The second-order valence-corrected chi connectivity index (χ2v) is 7.69. The zero-order valence-electron chi connectivity index (χ0n) is 15.3. The average molecular weight is 346 g/mol. The van der Waals surface area contributed by atoms with E-state index in [0.717, 1.165) is 0 Å². The second-order valence-electron chi connectivity index (χ2n) is 7.69. The molecule has 0 heterocycles. The predicted octanol–water partition coefficient (Wildman–Crippen LogP) is 0.807. The summed E-state index contributed by atoms with van der Waals surface area (Å²) < 4.78 is 10.4. The third-order valence-electron chi connectivity index (χ3n) is 3.03. The number of rotatable bonds is 7. The Morgan fingerprint density at radius 2 is 1.46 bits per heavy atom. The average Bonchev–Trinajstić information content (AvgIpc) is 2.34. The van der Waals surface area contributed by atoms with Gasteiger partial charge in [-0.15, -0.1) is 0 Å². The molecule has 0 fully saturated rings. The van der Waals surface area contributed by atoms with Crippen LogP contribution in [0.5, 0.6) is 0 Å². The summed E-state index contributed by atoms with van der Waals surface area (Å²) in [5.41, 5.74) is 6.96. The van der Waals surface area contributed by atoms with E-state index in [0.29, 0.717) is 6.42 Å².